The first-order valence-corrected chi connectivity index (χ1v) is 7.83. The summed E-state index contributed by atoms with van der Waals surface area (Å²) in [7, 11) is 1.57. The molecule has 1 amide bonds. The molecule has 8 heteroatoms. The van der Waals surface area contributed by atoms with E-state index in [1.54, 1.807) is 31.4 Å². The zero-order valence-corrected chi connectivity index (χ0v) is 14.1. The lowest BCUT2D eigenvalue weighted by molar-refractivity contribution is -0.137. The van der Waals surface area contributed by atoms with Crippen molar-refractivity contribution in [1.82, 2.24) is 5.32 Å². The summed E-state index contributed by atoms with van der Waals surface area (Å²) in [5, 5.41) is 5.28. The van der Waals surface area contributed by atoms with Crippen LogP contribution in [0.5, 0.6) is 11.5 Å². The monoisotopic (exact) mass is 368 g/mol. The Hall–Kier alpha value is -2.74. The number of carbonyl (C=O) groups excluding carboxylic acids is 1. The summed E-state index contributed by atoms with van der Waals surface area (Å²) in [6.45, 7) is 0.702. The van der Waals surface area contributed by atoms with Gasteiger partial charge in [-0.15, -0.1) is 0 Å². The van der Waals surface area contributed by atoms with Crippen LogP contribution in [0.2, 0.25) is 0 Å². The Morgan fingerprint density at radius 3 is 2.42 bits per heavy atom. The Morgan fingerprint density at radius 2 is 1.77 bits per heavy atom. The molecule has 0 aliphatic rings. The van der Waals surface area contributed by atoms with Crippen LogP contribution in [0.15, 0.2) is 48.5 Å². The molecule has 2 rings (SSSR count). The number of nitrogens with one attached hydrogen (secondary N) is 2. The maximum absolute atomic E-state index is 12.6. The molecule has 0 radical (unpaired) electrons. The molecule has 2 N–H and O–H groups in total. The zero-order valence-electron chi connectivity index (χ0n) is 14.1. The second-order valence-electron chi connectivity index (χ2n) is 5.33. The van der Waals surface area contributed by atoms with Crippen molar-refractivity contribution in [3.8, 4) is 11.5 Å². The predicted molar refractivity (Wildman–Crippen MR) is 91.4 cm³/mol. The van der Waals surface area contributed by atoms with Crippen LogP contribution in [0.4, 0.5) is 18.9 Å². The fourth-order valence-electron chi connectivity index (χ4n) is 2.09. The number of amides is 1. The molecule has 0 saturated heterocycles. The van der Waals surface area contributed by atoms with Crippen LogP contribution in [0, 0.1) is 0 Å². The molecule has 0 aliphatic heterocycles. The van der Waals surface area contributed by atoms with E-state index in [2.05, 4.69) is 10.6 Å². The van der Waals surface area contributed by atoms with E-state index in [9.17, 15) is 18.0 Å². The normalized spacial score (nSPS) is 11.1. The lowest BCUT2D eigenvalue weighted by Gasteiger charge is -2.11. The highest BCUT2D eigenvalue weighted by Gasteiger charge is 2.30. The minimum absolute atomic E-state index is 0.0395. The number of alkyl halides is 3. The molecule has 0 aliphatic carbocycles. The molecule has 0 fully saturated rings. The van der Waals surface area contributed by atoms with Gasteiger partial charge >= 0.3 is 6.18 Å². The van der Waals surface area contributed by atoms with Crippen molar-refractivity contribution in [3.05, 3.63) is 54.1 Å². The molecule has 0 spiro atoms. The van der Waals surface area contributed by atoms with E-state index in [-0.39, 0.29) is 12.2 Å². The average molecular weight is 368 g/mol. The Balaban J connectivity index is 1.69. The van der Waals surface area contributed by atoms with Crippen LogP contribution >= 0.6 is 0 Å². The lowest BCUT2D eigenvalue weighted by Crippen LogP contribution is -2.31. The molecule has 0 atom stereocenters. The van der Waals surface area contributed by atoms with Gasteiger partial charge in [0.25, 0.3) is 0 Å². The first-order chi connectivity index (χ1) is 12.4. The molecular formula is C18H19F3N2O3. The average Bonchev–Trinajstić information content (AvgIpc) is 2.61. The summed E-state index contributed by atoms with van der Waals surface area (Å²) in [5.41, 5.74) is -0.711. The maximum atomic E-state index is 12.6. The van der Waals surface area contributed by atoms with Gasteiger partial charge in [0.2, 0.25) is 5.91 Å². The number of anilines is 1. The summed E-state index contributed by atoms with van der Waals surface area (Å²) >= 11 is 0. The molecular weight excluding hydrogens is 349 g/mol. The highest BCUT2D eigenvalue weighted by Crippen LogP contribution is 2.30. The number of ether oxygens (including phenoxy) is 2. The smallest absolute Gasteiger partial charge is 0.416 e. The van der Waals surface area contributed by atoms with Gasteiger partial charge < -0.3 is 20.1 Å². The van der Waals surface area contributed by atoms with Crippen molar-refractivity contribution >= 4 is 11.6 Å². The number of halogens is 3. The Morgan fingerprint density at radius 1 is 1.08 bits per heavy atom. The van der Waals surface area contributed by atoms with E-state index in [1.165, 1.54) is 12.1 Å². The maximum Gasteiger partial charge on any atom is 0.416 e. The molecule has 26 heavy (non-hydrogen) atoms. The summed E-state index contributed by atoms with van der Waals surface area (Å²) in [6, 6.07) is 11.6. The molecule has 2 aromatic carbocycles. The van der Waals surface area contributed by atoms with Gasteiger partial charge in [0.1, 0.15) is 18.1 Å². The van der Waals surface area contributed by atoms with Gasteiger partial charge in [0.05, 0.1) is 19.2 Å². The van der Waals surface area contributed by atoms with E-state index in [0.717, 1.165) is 17.9 Å². The molecule has 0 heterocycles. The van der Waals surface area contributed by atoms with Crippen molar-refractivity contribution < 1.29 is 27.4 Å². The highest BCUT2D eigenvalue weighted by molar-refractivity contribution is 5.92. The largest absolute Gasteiger partial charge is 0.497 e. The molecule has 5 nitrogen and oxygen atoms in total. The van der Waals surface area contributed by atoms with E-state index >= 15 is 0 Å². The fraction of sp³-hybridized carbons (Fsp3) is 0.278. The third-order valence-corrected chi connectivity index (χ3v) is 3.37. The molecule has 0 bridgehead atoms. The van der Waals surface area contributed by atoms with E-state index in [0.29, 0.717) is 18.9 Å². The Labute approximate surface area is 149 Å². The van der Waals surface area contributed by atoms with Crippen molar-refractivity contribution in [2.45, 2.75) is 6.18 Å². The first-order valence-electron chi connectivity index (χ1n) is 7.83. The summed E-state index contributed by atoms with van der Waals surface area (Å²) in [5.74, 6) is 0.955. The molecule has 0 saturated carbocycles. The van der Waals surface area contributed by atoms with E-state index in [1.807, 2.05) is 0 Å². The van der Waals surface area contributed by atoms with Gasteiger partial charge in [-0.3, -0.25) is 4.79 Å². The van der Waals surface area contributed by atoms with Crippen molar-refractivity contribution in [2.75, 3.05) is 32.1 Å². The minimum atomic E-state index is -4.45. The number of benzene rings is 2. The summed E-state index contributed by atoms with van der Waals surface area (Å²) in [4.78, 5) is 11.8. The quantitative estimate of drug-likeness (QED) is 0.702. The van der Waals surface area contributed by atoms with Crippen LogP contribution in [0.3, 0.4) is 0 Å². The second-order valence-corrected chi connectivity index (χ2v) is 5.33. The number of methoxy groups -OCH3 is 1. The van der Waals surface area contributed by atoms with Crippen LogP contribution in [-0.4, -0.2) is 32.7 Å². The second kappa shape index (κ2) is 9.10. The van der Waals surface area contributed by atoms with Crippen LogP contribution < -0.4 is 20.1 Å². The number of hydrogen-bond donors (Lipinski definition) is 2. The standard InChI is InChI=1S/C18H19F3N2O3/c1-25-15-5-7-16(8-6-15)26-10-9-22-12-17(24)23-14-4-2-3-13(11-14)18(19,20)21/h2-8,11,22H,9-10,12H2,1H3,(H,23,24). The number of carbonyl (C=O) groups is 1. The van der Waals surface area contributed by atoms with Crippen LogP contribution in [0.25, 0.3) is 0 Å². The topological polar surface area (TPSA) is 59.6 Å². The van der Waals surface area contributed by atoms with Gasteiger partial charge in [-0.1, -0.05) is 6.07 Å². The number of hydrogen-bond acceptors (Lipinski definition) is 4. The molecule has 2 aromatic rings. The van der Waals surface area contributed by atoms with Crippen LogP contribution in [-0.2, 0) is 11.0 Å². The van der Waals surface area contributed by atoms with Gasteiger partial charge in [-0.2, -0.15) is 13.2 Å². The third-order valence-electron chi connectivity index (χ3n) is 3.37. The Bertz CT molecular complexity index is 718. The SMILES string of the molecule is COc1ccc(OCCNCC(=O)Nc2cccc(C(F)(F)F)c2)cc1. The van der Waals surface area contributed by atoms with Gasteiger partial charge in [-0.05, 0) is 42.5 Å². The highest BCUT2D eigenvalue weighted by atomic mass is 19.4. The van der Waals surface area contributed by atoms with Gasteiger partial charge in [0, 0.05) is 12.2 Å². The van der Waals surface area contributed by atoms with Gasteiger partial charge in [0.15, 0.2) is 0 Å². The van der Waals surface area contributed by atoms with Gasteiger partial charge in [-0.25, -0.2) is 0 Å². The number of rotatable bonds is 8. The van der Waals surface area contributed by atoms with Crippen LogP contribution in [0.1, 0.15) is 5.56 Å². The van der Waals surface area contributed by atoms with E-state index in [4.69, 9.17) is 9.47 Å². The Kier molecular flexibility index (Phi) is 6.85. The van der Waals surface area contributed by atoms with Crippen molar-refractivity contribution in [1.29, 1.82) is 0 Å². The fourth-order valence-corrected chi connectivity index (χ4v) is 2.09. The molecule has 0 aromatic heterocycles. The molecule has 0 unspecified atom stereocenters. The van der Waals surface area contributed by atoms with Crippen molar-refractivity contribution in [3.63, 3.8) is 0 Å². The lowest BCUT2D eigenvalue weighted by atomic mass is 10.2. The first kappa shape index (κ1) is 19.6. The predicted octanol–water partition coefficient (Wildman–Crippen LogP) is 3.32. The third kappa shape index (κ3) is 6.29. The van der Waals surface area contributed by atoms with Crippen molar-refractivity contribution in [2.24, 2.45) is 0 Å². The summed E-state index contributed by atoms with van der Waals surface area (Å²) < 4.78 is 48.4. The minimum Gasteiger partial charge on any atom is -0.497 e. The van der Waals surface area contributed by atoms with E-state index < -0.39 is 17.6 Å². The summed E-state index contributed by atoms with van der Waals surface area (Å²) in [6.07, 6.45) is -4.45. The zero-order chi connectivity index (χ0) is 19.0. The molecule has 140 valence electrons.